The summed E-state index contributed by atoms with van der Waals surface area (Å²) in [6, 6.07) is 0. The van der Waals surface area contributed by atoms with Crippen LogP contribution in [0.25, 0.3) is 0 Å². The fraction of sp³-hybridized carbons (Fsp3) is 0.824. The molecule has 0 aromatic rings. The van der Waals surface area contributed by atoms with Gasteiger partial charge in [0.2, 0.25) is 11.8 Å². The standard InChI is InChI=1S/C17H28N2O4/c1-17(2,3)16(23)19-9-7-18(8-10-19)14(20)12-5-4-6-13(11-12)15(21)22/h12-13H,4-11H2,1-3H3,(H,21,22). The maximum absolute atomic E-state index is 12.6. The maximum Gasteiger partial charge on any atom is 0.306 e. The van der Waals surface area contributed by atoms with Crippen molar-refractivity contribution in [2.24, 2.45) is 17.3 Å². The quantitative estimate of drug-likeness (QED) is 0.837. The number of nitrogens with zero attached hydrogens (tertiary/aromatic N) is 2. The number of amides is 2. The van der Waals surface area contributed by atoms with E-state index in [0.717, 1.165) is 12.8 Å². The van der Waals surface area contributed by atoms with E-state index in [1.807, 2.05) is 25.7 Å². The Balaban J connectivity index is 1.88. The van der Waals surface area contributed by atoms with E-state index in [-0.39, 0.29) is 23.7 Å². The molecule has 6 heteroatoms. The van der Waals surface area contributed by atoms with Crippen LogP contribution in [0.4, 0.5) is 0 Å². The van der Waals surface area contributed by atoms with Crippen LogP contribution in [0.15, 0.2) is 0 Å². The minimum Gasteiger partial charge on any atom is -0.481 e. The van der Waals surface area contributed by atoms with Crippen molar-refractivity contribution >= 4 is 17.8 Å². The van der Waals surface area contributed by atoms with Gasteiger partial charge >= 0.3 is 5.97 Å². The molecule has 0 bridgehead atoms. The minimum absolute atomic E-state index is 0.0683. The summed E-state index contributed by atoms with van der Waals surface area (Å²) in [5, 5.41) is 9.15. The van der Waals surface area contributed by atoms with Crippen LogP contribution in [0.5, 0.6) is 0 Å². The Kier molecular flexibility index (Phi) is 5.32. The molecular weight excluding hydrogens is 296 g/mol. The first-order valence-electron chi connectivity index (χ1n) is 8.51. The fourth-order valence-electron chi connectivity index (χ4n) is 3.50. The van der Waals surface area contributed by atoms with Crippen molar-refractivity contribution in [1.82, 2.24) is 9.80 Å². The van der Waals surface area contributed by atoms with E-state index in [0.29, 0.717) is 39.0 Å². The summed E-state index contributed by atoms with van der Waals surface area (Å²) in [7, 11) is 0. The van der Waals surface area contributed by atoms with Crippen LogP contribution in [0.3, 0.4) is 0 Å². The van der Waals surface area contributed by atoms with Crippen molar-refractivity contribution in [3.8, 4) is 0 Å². The molecule has 1 aliphatic carbocycles. The summed E-state index contributed by atoms with van der Waals surface area (Å²) in [4.78, 5) is 39.7. The summed E-state index contributed by atoms with van der Waals surface area (Å²) in [6.07, 6.45) is 2.71. The Bertz CT molecular complexity index is 475. The molecule has 0 radical (unpaired) electrons. The zero-order chi connectivity index (χ0) is 17.2. The van der Waals surface area contributed by atoms with Crippen LogP contribution in [-0.2, 0) is 14.4 Å². The number of carboxylic acids is 1. The van der Waals surface area contributed by atoms with Gasteiger partial charge in [-0.15, -0.1) is 0 Å². The third-order valence-electron chi connectivity index (χ3n) is 4.89. The van der Waals surface area contributed by atoms with E-state index in [1.54, 1.807) is 4.90 Å². The number of rotatable bonds is 2. The van der Waals surface area contributed by atoms with Crippen molar-refractivity contribution in [3.63, 3.8) is 0 Å². The zero-order valence-corrected chi connectivity index (χ0v) is 14.4. The molecule has 2 amide bonds. The first kappa shape index (κ1) is 17.8. The molecule has 1 saturated carbocycles. The van der Waals surface area contributed by atoms with Gasteiger partial charge in [0, 0.05) is 37.5 Å². The van der Waals surface area contributed by atoms with Crippen LogP contribution >= 0.6 is 0 Å². The van der Waals surface area contributed by atoms with Crippen LogP contribution in [0.2, 0.25) is 0 Å². The molecule has 1 heterocycles. The number of carbonyl (C=O) groups excluding carboxylic acids is 2. The summed E-state index contributed by atoms with van der Waals surface area (Å²) < 4.78 is 0. The van der Waals surface area contributed by atoms with Crippen molar-refractivity contribution in [2.45, 2.75) is 46.5 Å². The molecule has 2 atom stereocenters. The van der Waals surface area contributed by atoms with Gasteiger partial charge in [0.25, 0.3) is 0 Å². The van der Waals surface area contributed by atoms with Crippen LogP contribution in [-0.4, -0.2) is 58.9 Å². The van der Waals surface area contributed by atoms with Crippen LogP contribution in [0.1, 0.15) is 46.5 Å². The summed E-state index contributed by atoms with van der Waals surface area (Å²) in [5.41, 5.74) is -0.399. The van der Waals surface area contributed by atoms with Gasteiger partial charge in [-0.1, -0.05) is 27.2 Å². The highest BCUT2D eigenvalue weighted by Crippen LogP contribution is 2.31. The first-order chi connectivity index (χ1) is 10.7. The molecule has 2 unspecified atom stereocenters. The summed E-state index contributed by atoms with van der Waals surface area (Å²) in [5.74, 6) is -1.16. The smallest absolute Gasteiger partial charge is 0.306 e. The number of carboxylic acid groups (broad SMARTS) is 1. The van der Waals surface area contributed by atoms with E-state index in [1.165, 1.54) is 0 Å². The molecule has 23 heavy (non-hydrogen) atoms. The highest BCUT2D eigenvalue weighted by molar-refractivity contribution is 5.83. The summed E-state index contributed by atoms with van der Waals surface area (Å²) >= 11 is 0. The van der Waals surface area contributed by atoms with Gasteiger partial charge in [-0.25, -0.2) is 0 Å². The molecule has 6 nitrogen and oxygen atoms in total. The Labute approximate surface area is 137 Å². The average molecular weight is 324 g/mol. The molecular formula is C17H28N2O4. The summed E-state index contributed by atoms with van der Waals surface area (Å²) in [6.45, 7) is 7.94. The topological polar surface area (TPSA) is 77.9 Å². The fourth-order valence-corrected chi connectivity index (χ4v) is 3.50. The van der Waals surface area contributed by atoms with Gasteiger partial charge < -0.3 is 14.9 Å². The van der Waals surface area contributed by atoms with Crippen LogP contribution in [0, 0.1) is 17.3 Å². The molecule has 0 aromatic heterocycles. The molecule has 0 aromatic carbocycles. The molecule has 2 aliphatic rings. The maximum atomic E-state index is 12.6. The molecule has 1 aliphatic heterocycles. The van der Waals surface area contributed by atoms with Gasteiger partial charge in [0.1, 0.15) is 0 Å². The minimum atomic E-state index is -0.789. The third-order valence-corrected chi connectivity index (χ3v) is 4.89. The van der Waals surface area contributed by atoms with E-state index in [9.17, 15) is 14.4 Å². The highest BCUT2D eigenvalue weighted by atomic mass is 16.4. The van der Waals surface area contributed by atoms with Gasteiger partial charge in [0.15, 0.2) is 0 Å². The molecule has 1 saturated heterocycles. The Morgan fingerprint density at radius 2 is 1.43 bits per heavy atom. The predicted octanol–water partition coefficient (Wildman–Crippen LogP) is 1.59. The first-order valence-corrected chi connectivity index (χ1v) is 8.51. The molecule has 2 rings (SSSR count). The number of hydrogen-bond acceptors (Lipinski definition) is 3. The molecule has 130 valence electrons. The van der Waals surface area contributed by atoms with Gasteiger partial charge in [-0.05, 0) is 19.3 Å². The average Bonchev–Trinajstić information content (AvgIpc) is 2.53. The lowest BCUT2D eigenvalue weighted by Crippen LogP contribution is -2.54. The number of carbonyl (C=O) groups is 3. The highest BCUT2D eigenvalue weighted by Gasteiger charge is 2.36. The second-order valence-electron chi connectivity index (χ2n) is 7.77. The monoisotopic (exact) mass is 324 g/mol. The van der Waals surface area contributed by atoms with E-state index < -0.39 is 11.4 Å². The Morgan fingerprint density at radius 3 is 1.96 bits per heavy atom. The Morgan fingerprint density at radius 1 is 0.913 bits per heavy atom. The lowest BCUT2D eigenvalue weighted by atomic mass is 9.80. The SMILES string of the molecule is CC(C)(C)C(=O)N1CCN(C(=O)C2CCCC(C(=O)O)C2)CC1. The van der Waals surface area contributed by atoms with E-state index in [2.05, 4.69) is 0 Å². The van der Waals surface area contributed by atoms with Gasteiger partial charge in [0.05, 0.1) is 5.92 Å². The largest absolute Gasteiger partial charge is 0.481 e. The number of aliphatic carboxylic acids is 1. The van der Waals surface area contributed by atoms with Gasteiger partial charge in [-0.3, -0.25) is 14.4 Å². The lowest BCUT2D eigenvalue weighted by Gasteiger charge is -2.39. The molecule has 1 N–H and O–H groups in total. The van der Waals surface area contributed by atoms with E-state index >= 15 is 0 Å². The number of hydrogen-bond donors (Lipinski definition) is 1. The lowest BCUT2D eigenvalue weighted by molar-refractivity contribution is -0.149. The van der Waals surface area contributed by atoms with Crippen LogP contribution < -0.4 is 0 Å². The predicted molar refractivity (Wildman–Crippen MR) is 85.7 cm³/mol. The van der Waals surface area contributed by atoms with Crippen molar-refractivity contribution < 1.29 is 19.5 Å². The van der Waals surface area contributed by atoms with E-state index in [4.69, 9.17) is 5.11 Å². The second kappa shape index (κ2) is 6.89. The van der Waals surface area contributed by atoms with Gasteiger partial charge in [-0.2, -0.15) is 0 Å². The second-order valence-corrected chi connectivity index (χ2v) is 7.77. The van der Waals surface area contributed by atoms with Crippen molar-refractivity contribution in [2.75, 3.05) is 26.2 Å². The van der Waals surface area contributed by atoms with Crippen molar-refractivity contribution in [3.05, 3.63) is 0 Å². The third kappa shape index (κ3) is 4.24. The normalized spacial score (nSPS) is 26.0. The molecule has 0 spiro atoms. The zero-order valence-electron chi connectivity index (χ0n) is 14.4. The molecule has 2 fully saturated rings. The van der Waals surface area contributed by atoms with Crippen molar-refractivity contribution in [1.29, 1.82) is 0 Å². The number of piperazine rings is 1. The Hall–Kier alpha value is -1.59.